The molecule has 0 bridgehead atoms. The second-order valence-electron chi connectivity index (χ2n) is 6.35. The number of hydrogen-bond acceptors (Lipinski definition) is 4. The summed E-state index contributed by atoms with van der Waals surface area (Å²) < 4.78 is 7.85. The molecule has 1 amide bonds. The Morgan fingerprint density at radius 2 is 2.22 bits per heavy atom. The Hall–Kier alpha value is -2.15. The number of nitrogens with zero attached hydrogens (tertiary/aromatic N) is 4. The number of ether oxygens (including phenoxy) is 1. The third-order valence-electron chi connectivity index (χ3n) is 4.77. The molecule has 0 aromatic carbocycles. The highest BCUT2D eigenvalue weighted by molar-refractivity contribution is 5.96. The summed E-state index contributed by atoms with van der Waals surface area (Å²) in [5.74, 6) is 0.726. The number of aryl methyl sites for hydroxylation is 1. The van der Waals surface area contributed by atoms with Gasteiger partial charge in [0.1, 0.15) is 18.2 Å². The van der Waals surface area contributed by atoms with Crippen LogP contribution >= 0.6 is 0 Å². The molecule has 1 saturated heterocycles. The molecule has 7 heteroatoms. The number of hydrogen-bond donors (Lipinski definition) is 1. The van der Waals surface area contributed by atoms with Crippen LogP contribution in [-0.4, -0.2) is 50.3 Å². The van der Waals surface area contributed by atoms with Crippen molar-refractivity contribution in [3.63, 3.8) is 0 Å². The number of carbonyl (C=O) groups excluding carboxylic acids is 1. The maximum atomic E-state index is 13.1. The molecule has 7 nitrogen and oxygen atoms in total. The van der Waals surface area contributed by atoms with Crippen molar-refractivity contribution in [2.24, 2.45) is 0 Å². The smallest absolute Gasteiger partial charge is 0.256 e. The molecule has 1 aliphatic carbocycles. The van der Waals surface area contributed by atoms with E-state index in [9.17, 15) is 4.79 Å². The lowest BCUT2D eigenvalue weighted by molar-refractivity contribution is -0.00516. The van der Waals surface area contributed by atoms with Gasteiger partial charge in [-0.15, -0.1) is 0 Å². The van der Waals surface area contributed by atoms with Crippen LogP contribution in [0, 0.1) is 13.8 Å². The Labute approximate surface area is 134 Å². The second-order valence-corrected chi connectivity index (χ2v) is 6.35. The van der Waals surface area contributed by atoms with E-state index in [4.69, 9.17) is 4.74 Å². The minimum Gasteiger partial charge on any atom is -0.377 e. The van der Waals surface area contributed by atoms with Crippen LogP contribution in [0.3, 0.4) is 0 Å². The molecule has 1 N–H and O–H groups in total. The standard InChI is InChI=1S/C16H21N5O2/c1-10-7-13(11(2)21(10)12-3-4-12)16(22)20-5-6-23-8-14(20)15-17-9-18-19-15/h7,9,12,14H,3-6,8H2,1-2H3,(H,17,18,19). The Morgan fingerprint density at radius 1 is 1.39 bits per heavy atom. The van der Waals surface area contributed by atoms with E-state index in [-0.39, 0.29) is 11.9 Å². The average molecular weight is 315 g/mol. The molecule has 122 valence electrons. The lowest BCUT2D eigenvalue weighted by atomic mass is 10.1. The Bertz CT molecular complexity index is 717. The average Bonchev–Trinajstić information content (AvgIpc) is 3.14. The molecule has 1 atom stereocenters. The number of aromatic nitrogens is 4. The van der Waals surface area contributed by atoms with Gasteiger partial charge in [0.25, 0.3) is 5.91 Å². The predicted octanol–water partition coefficient (Wildman–Crippen LogP) is 1.77. The Morgan fingerprint density at radius 3 is 2.91 bits per heavy atom. The number of morpholine rings is 1. The van der Waals surface area contributed by atoms with E-state index in [0.717, 1.165) is 17.0 Å². The van der Waals surface area contributed by atoms with Crippen LogP contribution in [0.1, 0.15) is 52.5 Å². The molecule has 2 aromatic heterocycles. The summed E-state index contributed by atoms with van der Waals surface area (Å²) in [6, 6.07) is 2.39. The topological polar surface area (TPSA) is 76.0 Å². The first-order chi connectivity index (χ1) is 11.2. The van der Waals surface area contributed by atoms with Gasteiger partial charge in [-0.25, -0.2) is 4.98 Å². The second kappa shape index (κ2) is 5.49. The molecular formula is C16H21N5O2. The summed E-state index contributed by atoms with van der Waals surface area (Å²) in [5, 5.41) is 6.76. The predicted molar refractivity (Wildman–Crippen MR) is 83.2 cm³/mol. The van der Waals surface area contributed by atoms with Gasteiger partial charge >= 0.3 is 0 Å². The molecule has 1 unspecified atom stereocenters. The van der Waals surface area contributed by atoms with Crippen molar-refractivity contribution in [1.29, 1.82) is 0 Å². The zero-order valence-corrected chi connectivity index (χ0v) is 13.5. The number of rotatable bonds is 3. The van der Waals surface area contributed by atoms with E-state index >= 15 is 0 Å². The van der Waals surface area contributed by atoms with Crippen molar-refractivity contribution in [3.05, 3.63) is 35.2 Å². The van der Waals surface area contributed by atoms with E-state index in [2.05, 4.69) is 26.7 Å². The van der Waals surface area contributed by atoms with Crippen molar-refractivity contribution >= 4 is 5.91 Å². The van der Waals surface area contributed by atoms with Gasteiger partial charge in [-0.1, -0.05) is 0 Å². The minimum atomic E-state index is -0.206. The maximum absolute atomic E-state index is 13.1. The van der Waals surface area contributed by atoms with Crippen LogP contribution in [0.25, 0.3) is 0 Å². The fraction of sp³-hybridized carbons (Fsp3) is 0.562. The van der Waals surface area contributed by atoms with Crippen molar-refractivity contribution in [2.45, 2.75) is 38.8 Å². The summed E-state index contributed by atoms with van der Waals surface area (Å²) in [7, 11) is 0. The van der Waals surface area contributed by atoms with Crippen LogP contribution in [0.5, 0.6) is 0 Å². The Kier molecular flexibility index (Phi) is 3.45. The van der Waals surface area contributed by atoms with Crippen LogP contribution in [-0.2, 0) is 4.74 Å². The molecule has 0 radical (unpaired) electrons. The first kappa shape index (κ1) is 14.4. The van der Waals surface area contributed by atoms with Crippen LogP contribution < -0.4 is 0 Å². The van der Waals surface area contributed by atoms with Crippen molar-refractivity contribution < 1.29 is 9.53 Å². The molecule has 2 aromatic rings. The Balaban J connectivity index is 1.66. The summed E-state index contributed by atoms with van der Waals surface area (Å²) >= 11 is 0. The highest BCUT2D eigenvalue weighted by Gasteiger charge is 2.34. The number of H-pyrrole nitrogens is 1. The molecule has 2 aliphatic rings. The fourth-order valence-corrected chi connectivity index (χ4v) is 3.49. The van der Waals surface area contributed by atoms with Crippen molar-refractivity contribution in [2.75, 3.05) is 19.8 Å². The maximum Gasteiger partial charge on any atom is 0.256 e. The number of aromatic amines is 1. The van der Waals surface area contributed by atoms with E-state index < -0.39 is 0 Å². The summed E-state index contributed by atoms with van der Waals surface area (Å²) in [5.41, 5.74) is 3.02. The van der Waals surface area contributed by atoms with Gasteiger partial charge in [0.05, 0.1) is 18.8 Å². The minimum absolute atomic E-state index is 0.0506. The molecule has 1 aliphatic heterocycles. The van der Waals surface area contributed by atoms with Crippen LogP contribution in [0.2, 0.25) is 0 Å². The molecule has 0 spiro atoms. The van der Waals surface area contributed by atoms with Crippen molar-refractivity contribution in [3.8, 4) is 0 Å². The summed E-state index contributed by atoms with van der Waals surface area (Å²) in [4.78, 5) is 19.2. The third kappa shape index (κ3) is 2.45. The van der Waals surface area contributed by atoms with Gasteiger partial charge in [0, 0.05) is 24.0 Å². The van der Waals surface area contributed by atoms with E-state index in [1.165, 1.54) is 19.2 Å². The largest absolute Gasteiger partial charge is 0.377 e. The van der Waals surface area contributed by atoms with Gasteiger partial charge < -0.3 is 14.2 Å². The van der Waals surface area contributed by atoms with Gasteiger partial charge in [-0.05, 0) is 32.8 Å². The number of nitrogens with one attached hydrogen (secondary N) is 1. The fourth-order valence-electron chi connectivity index (χ4n) is 3.49. The zero-order chi connectivity index (χ0) is 16.0. The van der Waals surface area contributed by atoms with Crippen LogP contribution in [0.4, 0.5) is 0 Å². The molecule has 1 saturated carbocycles. The normalized spacial score (nSPS) is 21.7. The van der Waals surface area contributed by atoms with Gasteiger partial charge in [0.15, 0.2) is 0 Å². The van der Waals surface area contributed by atoms with Gasteiger partial charge in [0.2, 0.25) is 0 Å². The molecule has 3 heterocycles. The highest BCUT2D eigenvalue weighted by Crippen LogP contribution is 2.38. The first-order valence-corrected chi connectivity index (χ1v) is 8.09. The van der Waals surface area contributed by atoms with Gasteiger partial charge in [-0.2, -0.15) is 5.10 Å². The summed E-state index contributed by atoms with van der Waals surface area (Å²) in [6.45, 7) is 5.69. The SMILES string of the molecule is Cc1cc(C(=O)N2CCOCC2c2ncn[nH]2)c(C)n1C1CC1. The zero-order valence-electron chi connectivity index (χ0n) is 13.5. The lowest BCUT2D eigenvalue weighted by Gasteiger charge is -2.34. The molecule has 2 fully saturated rings. The van der Waals surface area contributed by atoms with E-state index in [0.29, 0.717) is 31.6 Å². The first-order valence-electron chi connectivity index (χ1n) is 8.09. The molecular weight excluding hydrogens is 294 g/mol. The third-order valence-corrected chi connectivity index (χ3v) is 4.77. The summed E-state index contributed by atoms with van der Waals surface area (Å²) in [6.07, 6.45) is 3.88. The number of carbonyl (C=O) groups is 1. The molecule has 4 rings (SSSR count). The highest BCUT2D eigenvalue weighted by atomic mass is 16.5. The lowest BCUT2D eigenvalue weighted by Crippen LogP contribution is -2.44. The van der Waals surface area contributed by atoms with Crippen molar-refractivity contribution in [1.82, 2.24) is 24.6 Å². The van der Waals surface area contributed by atoms with Gasteiger partial charge in [-0.3, -0.25) is 9.89 Å². The van der Waals surface area contributed by atoms with Crippen LogP contribution in [0.15, 0.2) is 12.4 Å². The van der Waals surface area contributed by atoms with E-state index in [1.807, 2.05) is 17.9 Å². The van der Waals surface area contributed by atoms with E-state index in [1.54, 1.807) is 0 Å². The monoisotopic (exact) mass is 315 g/mol. The number of amides is 1. The quantitative estimate of drug-likeness (QED) is 0.936. The molecule has 23 heavy (non-hydrogen) atoms.